The van der Waals surface area contributed by atoms with Gasteiger partial charge in [-0.15, -0.1) is 0 Å². The van der Waals surface area contributed by atoms with Crippen LogP contribution in [0.25, 0.3) is 4.98 Å². The van der Waals surface area contributed by atoms with E-state index < -0.39 is 0 Å². The predicted octanol–water partition coefficient (Wildman–Crippen LogP) is 7.41. The Morgan fingerprint density at radius 2 is 1.23 bits per heavy atom. The van der Waals surface area contributed by atoms with E-state index in [0.717, 1.165) is 17.7 Å². The van der Waals surface area contributed by atoms with Gasteiger partial charge in [0, 0.05) is 11.6 Å². The second kappa shape index (κ2) is 13.3. The second-order valence-electron chi connectivity index (χ2n) is 6.37. The smallest absolute Gasteiger partial charge is 0.0654 e. The van der Waals surface area contributed by atoms with Crippen molar-refractivity contribution in [3.05, 3.63) is 34.8 Å². The fourth-order valence-electron chi connectivity index (χ4n) is 2.98. The van der Waals surface area contributed by atoms with E-state index in [1.54, 1.807) is 0 Å². The van der Waals surface area contributed by atoms with Crippen molar-refractivity contribution in [2.45, 2.75) is 90.4 Å². The number of benzene rings is 1. The minimum absolute atomic E-state index is 0.727. The lowest BCUT2D eigenvalue weighted by Gasteiger charge is -2.02. The summed E-state index contributed by atoms with van der Waals surface area (Å²) >= 11 is 0. The molecule has 0 bridgehead atoms. The minimum atomic E-state index is 0.727. The van der Waals surface area contributed by atoms with Crippen molar-refractivity contribution >= 4 is 5.69 Å². The second-order valence-corrected chi connectivity index (χ2v) is 6.37. The topological polar surface area (TPSA) is 28.1 Å². The van der Waals surface area contributed by atoms with E-state index in [1.807, 2.05) is 18.2 Å². The van der Waals surface area contributed by atoms with Gasteiger partial charge in [-0.3, -0.25) is 0 Å². The number of aryl methyl sites for hydroxylation is 1. The van der Waals surface area contributed by atoms with Crippen LogP contribution in [0, 0.1) is 5.39 Å². The molecule has 0 aliphatic heterocycles. The highest BCUT2D eigenvalue weighted by molar-refractivity contribution is 5.51. The Bertz CT molecular complexity index is 420. The quantitative estimate of drug-likeness (QED) is 0.275. The molecule has 0 unspecified atom stereocenters. The molecule has 0 aromatic heterocycles. The molecule has 0 fully saturated rings. The van der Waals surface area contributed by atoms with Crippen molar-refractivity contribution in [1.82, 2.24) is 0 Å². The minimum Gasteiger partial charge on any atom is -0.0654 e. The van der Waals surface area contributed by atoms with Crippen LogP contribution < -0.4 is 0 Å². The maximum absolute atomic E-state index is 8.93. The molecule has 0 aliphatic rings. The summed E-state index contributed by atoms with van der Waals surface area (Å²) in [5.41, 5.74) is 1.89. The molecule has 2 nitrogen and oxygen atoms in total. The molecule has 1 aromatic carbocycles. The maximum Gasteiger partial charge on any atom is 0.388 e. The van der Waals surface area contributed by atoms with Crippen LogP contribution >= 0.6 is 0 Å². The third-order valence-corrected chi connectivity index (χ3v) is 4.40. The molecule has 0 heterocycles. The fraction of sp³-hybridized carbons (Fsp3) is 0.700. The van der Waals surface area contributed by atoms with Gasteiger partial charge in [0.2, 0.25) is 5.39 Å². The molecule has 0 spiro atoms. The molecule has 0 atom stereocenters. The van der Waals surface area contributed by atoms with Crippen LogP contribution in [0.15, 0.2) is 24.3 Å². The van der Waals surface area contributed by atoms with Gasteiger partial charge in [-0.25, -0.2) is 0 Å². The van der Waals surface area contributed by atoms with Crippen LogP contribution in [0.2, 0.25) is 0 Å². The lowest BCUT2D eigenvalue weighted by atomic mass is 10.0. The highest BCUT2D eigenvalue weighted by Crippen LogP contribution is 2.21. The average molecular weight is 301 g/mol. The first kappa shape index (κ1) is 18.7. The third kappa shape index (κ3) is 8.82. The Labute approximate surface area is 137 Å². The van der Waals surface area contributed by atoms with E-state index in [9.17, 15) is 0 Å². The van der Waals surface area contributed by atoms with E-state index in [1.165, 1.54) is 77.0 Å². The van der Waals surface area contributed by atoms with Gasteiger partial charge in [0.25, 0.3) is 0 Å². The maximum atomic E-state index is 8.93. The lowest BCUT2D eigenvalue weighted by Crippen LogP contribution is -1.87. The largest absolute Gasteiger partial charge is 0.388 e. The van der Waals surface area contributed by atoms with E-state index in [0.29, 0.717) is 0 Å². The van der Waals surface area contributed by atoms with Gasteiger partial charge in [0.05, 0.1) is 0 Å². The number of unbranched alkanes of at least 4 members (excludes halogenated alkanes) is 11. The lowest BCUT2D eigenvalue weighted by molar-refractivity contribution is 0.544. The van der Waals surface area contributed by atoms with Crippen molar-refractivity contribution in [2.75, 3.05) is 0 Å². The van der Waals surface area contributed by atoms with Gasteiger partial charge in [-0.1, -0.05) is 95.8 Å². The Morgan fingerprint density at radius 3 is 1.77 bits per heavy atom. The third-order valence-electron chi connectivity index (χ3n) is 4.40. The summed E-state index contributed by atoms with van der Waals surface area (Å²) in [6.07, 6.45) is 17.5. The molecule has 0 radical (unpaired) electrons. The molecular formula is C20H33N2+. The van der Waals surface area contributed by atoms with Crippen LogP contribution in [0.1, 0.15) is 89.5 Å². The van der Waals surface area contributed by atoms with Crippen LogP contribution in [0.4, 0.5) is 5.69 Å². The zero-order valence-corrected chi connectivity index (χ0v) is 14.4. The molecule has 0 saturated carbocycles. The highest BCUT2D eigenvalue weighted by Gasteiger charge is 2.10. The first-order valence-corrected chi connectivity index (χ1v) is 9.31. The first-order chi connectivity index (χ1) is 10.9. The predicted molar refractivity (Wildman–Crippen MR) is 96.0 cm³/mol. The Kier molecular flexibility index (Phi) is 11.3. The molecule has 22 heavy (non-hydrogen) atoms. The van der Waals surface area contributed by atoms with Crippen molar-refractivity contribution in [2.24, 2.45) is 0 Å². The Hall–Kier alpha value is -1.36. The number of nitrogens with zero attached hydrogens (tertiary/aromatic N) is 2. The van der Waals surface area contributed by atoms with E-state index >= 15 is 0 Å². The highest BCUT2D eigenvalue weighted by atomic mass is 14.8. The SMILES string of the molecule is CCCCCCCCCCCCCCc1ccccc1[N+]#N. The monoisotopic (exact) mass is 301 g/mol. The summed E-state index contributed by atoms with van der Waals surface area (Å²) in [6.45, 7) is 2.27. The number of hydrogen-bond donors (Lipinski definition) is 0. The fourth-order valence-corrected chi connectivity index (χ4v) is 2.98. The summed E-state index contributed by atoms with van der Waals surface area (Å²) in [7, 11) is 0. The molecule has 1 rings (SSSR count). The molecular weight excluding hydrogens is 268 g/mol. The van der Waals surface area contributed by atoms with Gasteiger partial charge in [-0.05, 0) is 12.8 Å². The summed E-state index contributed by atoms with van der Waals surface area (Å²) in [5, 5.41) is 8.93. The summed E-state index contributed by atoms with van der Waals surface area (Å²) in [5.74, 6) is 0. The molecule has 2 heteroatoms. The van der Waals surface area contributed by atoms with Gasteiger partial charge in [-0.2, -0.15) is 0 Å². The molecule has 0 saturated heterocycles. The zero-order chi connectivity index (χ0) is 15.9. The van der Waals surface area contributed by atoms with Gasteiger partial charge >= 0.3 is 5.69 Å². The van der Waals surface area contributed by atoms with E-state index in [2.05, 4.69) is 18.0 Å². The van der Waals surface area contributed by atoms with Crippen molar-refractivity contribution < 1.29 is 0 Å². The van der Waals surface area contributed by atoms with Gasteiger partial charge < -0.3 is 0 Å². The summed E-state index contributed by atoms with van der Waals surface area (Å²) < 4.78 is 0. The molecule has 122 valence electrons. The zero-order valence-electron chi connectivity index (χ0n) is 14.4. The van der Waals surface area contributed by atoms with Crippen LogP contribution in [-0.4, -0.2) is 0 Å². The van der Waals surface area contributed by atoms with Crippen LogP contribution in [-0.2, 0) is 6.42 Å². The van der Waals surface area contributed by atoms with Crippen LogP contribution in [0.5, 0.6) is 0 Å². The Morgan fingerprint density at radius 1 is 0.727 bits per heavy atom. The standard InChI is InChI=1S/C20H33N2/c1-2-3-4-5-6-7-8-9-10-11-12-13-16-19-17-14-15-18-20(19)22-21/h14-15,17-18H,2-13,16H2,1H3/q+1. The number of rotatable bonds is 13. The average Bonchev–Trinajstić information content (AvgIpc) is 2.56. The molecule has 0 N–H and O–H groups in total. The molecule has 0 amide bonds. The van der Waals surface area contributed by atoms with E-state index in [-0.39, 0.29) is 0 Å². The van der Waals surface area contributed by atoms with Crippen molar-refractivity contribution in [3.63, 3.8) is 0 Å². The Balaban J connectivity index is 1.91. The summed E-state index contributed by atoms with van der Waals surface area (Å²) in [6, 6.07) is 7.87. The van der Waals surface area contributed by atoms with E-state index in [4.69, 9.17) is 5.39 Å². The van der Waals surface area contributed by atoms with Crippen molar-refractivity contribution in [1.29, 1.82) is 5.39 Å². The molecule has 1 aromatic rings. The summed E-state index contributed by atoms with van der Waals surface area (Å²) in [4.78, 5) is 3.35. The molecule has 0 aliphatic carbocycles. The van der Waals surface area contributed by atoms with Crippen molar-refractivity contribution in [3.8, 4) is 0 Å². The van der Waals surface area contributed by atoms with Crippen LogP contribution in [0.3, 0.4) is 0 Å². The van der Waals surface area contributed by atoms with Gasteiger partial charge in [0.1, 0.15) is 0 Å². The van der Waals surface area contributed by atoms with Gasteiger partial charge in [0.15, 0.2) is 4.98 Å². The number of hydrogen-bond acceptors (Lipinski definition) is 1. The number of diazo groups is 1. The normalized spacial score (nSPS) is 10.5. The first-order valence-electron chi connectivity index (χ1n) is 9.31.